The highest BCUT2D eigenvalue weighted by molar-refractivity contribution is 7.90. The molecule has 0 aliphatic carbocycles. The van der Waals surface area contributed by atoms with Crippen molar-refractivity contribution < 1.29 is 8.42 Å². The van der Waals surface area contributed by atoms with Crippen LogP contribution in [-0.4, -0.2) is 41.5 Å². The molecule has 0 amide bonds. The molecule has 25 heavy (non-hydrogen) atoms. The predicted molar refractivity (Wildman–Crippen MR) is 96.2 cm³/mol. The SMILES string of the molecule is Cc1ccc(S(=O)(=O)n2ccc3c(N[C@@H]4CCNC4)ncnc32)cc1. The summed E-state index contributed by atoms with van der Waals surface area (Å²) in [5.41, 5.74) is 1.39. The molecule has 2 N–H and O–H groups in total. The Labute approximate surface area is 146 Å². The zero-order chi connectivity index (χ0) is 17.4. The monoisotopic (exact) mass is 357 g/mol. The van der Waals surface area contributed by atoms with E-state index in [1.807, 2.05) is 6.92 Å². The number of benzene rings is 1. The summed E-state index contributed by atoms with van der Waals surface area (Å²) < 4.78 is 27.1. The summed E-state index contributed by atoms with van der Waals surface area (Å²) in [7, 11) is -3.70. The van der Waals surface area contributed by atoms with E-state index < -0.39 is 10.0 Å². The van der Waals surface area contributed by atoms with Gasteiger partial charge >= 0.3 is 0 Å². The minimum absolute atomic E-state index is 0.240. The smallest absolute Gasteiger partial charge is 0.269 e. The largest absolute Gasteiger partial charge is 0.365 e. The lowest BCUT2D eigenvalue weighted by atomic mass is 10.2. The molecule has 3 heterocycles. The molecule has 130 valence electrons. The van der Waals surface area contributed by atoms with Gasteiger partial charge in [0.2, 0.25) is 0 Å². The van der Waals surface area contributed by atoms with Gasteiger partial charge in [-0.2, -0.15) is 0 Å². The van der Waals surface area contributed by atoms with Crippen LogP contribution in [-0.2, 0) is 10.0 Å². The minimum Gasteiger partial charge on any atom is -0.365 e. The van der Waals surface area contributed by atoms with Crippen LogP contribution < -0.4 is 10.6 Å². The molecule has 4 rings (SSSR count). The first kappa shape index (κ1) is 16.0. The fourth-order valence-electron chi connectivity index (χ4n) is 3.03. The van der Waals surface area contributed by atoms with E-state index in [-0.39, 0.29) is 10.9 Å². The number of nitrogens with one attached hydrogen (secondary N) is 2. The molecule has 0 bridgehead atoms. The molecule has 0 radical (unpaired) electrons. The van der Waals surface area contributed by atoms with Gasteiger partial charge < -0.3 is 10.6 Å². The molecular weight excluding hydrogens is 338 g/mol. The second kappa shape index (κ2) is 6.12. The lowest BCUT2D eigenvalue weighted by Crippen LogP contribution is -2.22. The van der Waals surface area contributed by atoms with Gasteiger partial charge in [-0.25, -0.2) is 22.4 Å². The number of anilines is 1. The Morgan fingerprint density at radius 2 is 2.00 bits per heavy atom. The van der Waals surface area contributed by atoms with Crippen LogP contribution in [0.2, 0.25) is 0 Å². The van der Waals surface area contributed by atoms with E-state index in [0.717, 1.165) is 25.1 Å². The molecule has 8 heteroatoms. The first-order chi connectivity index (χ1) is 12.1. The highest BCUT2D eigenvalue weighted by Crippen LogP contribution is 2.25. The third-order valence-corrected chi connectivity index (χ3v) is 6.11. The van der Waals surface area contributed by atoms with Crippen LogP contribution >= 0.6 is 0 Å². The number of hydrogen-bond acceptors (Lipinski definition) is 6. The number of rotatable bonds is 4. The van der Waals surface area contributed by atoms with Crippen LogP contribution in [0.4, 0.5) is 5.82 Å². The molecule has 0 spiro atoms. The van der Waals surface area contributed by atoms with Gasteiger partial charge in [0.15, 0.2) is 5.65 Å². The Morgan fingerprint density at radius 3 is 2.72 bits per heavy atom. The summed E-state index contributed by atoms with van der Waals surface area (Å²) in [6.45, 7) is 3.76. The maximum atomic E-state index is 12.9. The van der Waals surface area contributed by atoms with E-state index in [1.165, 1.54) is 16.5 Å². The lowest BCUT2D eigenvalue weighted by molar-refractivity contribution is 0.588. The molecule has 1 fully saturated rings. The van der Waals surface area contributed by atoms with Gasteiger partial charge in [-0.1, -0.05) is 17.7 Å². The first-order valence-electron chi connectivity index (χ1n) is 8.17. The van der Waals surface area contributed by atoms with Gasteiger partial charge in [0, 0.05) is 18.8 Å². The topological polar surface area (TPSA) is 88.9 Å². The van der Waals surface area contributed by atoms with E-state index in [9.17, 15) is 8.42 Å². The zero-order valence-electron chi connectivity index (χ0n) is 13.8. The number of aromatic nitrogens is 3. The fraction of sp³-hybridized carbons (Fsp3) is 0.294. The van der Waals surface area contributed by atoms with Crippen LogP contribution in [0.15, 0.2) is 47.8 Å². The molecule has 7 nitrogen and oxygen atoms in total. The van der Waals surface area contributed by atoms with Crippen LogP contribution in [0.3, 0.4) is 0 Å². The summed E-state index contributed by atoms with van der Waals surface area (Å²) in [5, 5.41) is 7.36. The third-order valence-electron chi connectivity index (χ3n) is 4.43. The van der Waals surface area contributed by atoms with Gasteiger partial charge in [-0.15, -0.1) is 0 Å². The summed E-state index contributed by atoms with van der Waals surface area (Å²) in [6.07, 6.45) is 3.94. The van der Waals surface area contributed by atoms with Gasteiger partial charge in [0.25, 0.3) is 10.0 Å². The summed E-state index contributed by atoms with van der Waals surface area (Å²) >= 11 is 0. The summed E-state index contributed by atoms with van der Waals surface area (Å²) in [5.74, 6) is 0.663. The zero-order valence-corrected chi connectivity index (χ0v) is 14.6. The average Bonchev–Trinajstić information content (AvgIpc) is 3.25. The van der Waals surface area contributed by atoms with E-state index in [2.05, 4.69) is 20.6 Å². The summed E-state index contributed by atoms with van der Waals surface area (Å²) in [6, 6.07) is 8.82. The Bertz CT molecular complexity index is 1010. The highest BCUT2D eigenvalue weighted by Gasteiger charge is 2.22. The molecule has 1 aliphatic rings. The lowest BCUT2D eigenvalue weighted by Gasteiger charge is -2.13. The van der Waals surface area contributed by atoms with Crippen molar-refractivity contribution in [3.63, 3.8) is 0 Å². The number of fused-ring (bicyclic) bond motifs is 1. The third kappa shape index (κ3) is 2.87. The van der Waals surface area contributed by atoms with Gasteiger partial charge in [0.1, 0.15) is 12.1 Å². The van der Waals surface area contributed by atoms with E-state index >= 15 is 0 Å². The molecule has 1 atom stereocenters. The highest BCUT2D eigenvalue weighted by atomic mass is 32.2. The predicted octanol–water partition coefficient (Wildman–Crippen LogP) is 1.75. The number of aryl methyl sites for hydroxylation is 1. The van der Waals surface area contributed by atoms with Crippen LogP contribution in [0.25, 0.3) is 11.0 Å². The Morgan fingerprint density at radius 1 is 1.20 bits per heavy atom. The van der Waals surface area contributed by atoms with Crippen molar-refractivity contribution in [2.24, 2.45) is 0 Å². The van der Waals surface area contributed by atoms with Crippen molar-refractivity contribution >= 4 is 26.9 Å². The van der Waals surface area contributed by atoms with Crippen molar-refractivity contribution in [2.75, 3.05) is 18.4 Å². The van der Waals surface area contributed by atoms with Crippen molar-refractivity contribution in [1.82, 2.24) is 19.3 Å². The normalized spacial score (nSPS) is 17.9. The first-order valence-corrected chi connectivity index (χ1v) is 9.61. The molecule has 3 aromatic rings. The van der Waals surface area contributed by atoms with Gasteiger partial charge in [-0.05, 0) is 38.1 Å². The fourth-order valence-corrected chi connectivity index (χ4v) is 4.33. The van der Waals surface area contributed by atoms with Crippen molar-refractivity contribution in [1.29, 1.82) is 0 Å². The Kier molecular flexibility index (Phi) is 3.93. The molecule has 1 saturated heterocycles. The maximum absolute atomic E-state index is 12.9. The minimum atomic E-state index is -3.70. The maximum Gasteiger partial charge on any atom is 0.269 e. The molecule has 0 unspecified atom stereocenters. The van der Waals surface area contributed by atoms with Crippen LogP contribution in [0.1, 0.15) is 12.0 Å². The second-order valence-corrected chi connectivity index (χ2v) is 8.04. The van der Waals surface area contributed by atoms with E-state index in [1.54, 1.807) is 30.3 Å². The molecular formula is C17H19N5O2S. The quantitative estimate of drug-likeness (QED) is 0.739. The Hall–Kier alpha value is -2.45. The second-order valence-electron chi connectivity index (χ2n) is 6.22. The van der Waals surface area contributed by atoms with E-state index in [4.69, 9.17) is 0 Å². The van der Waals surface area contributed by atoms with Crippen molar-refractivity contribution in [2.45, 2.75) is 24.3 Å². The van der Waals surface area contributed by atoms with Crippen LogP contribution in [0.5, 0.6) is 0 Å². The van der Waals surface area contributed by atoms with E-state index in [0.29, 0.717) is 16.9 Å². The van der Waals surface area contributed by atoms with Crippen molar-refractivity contribution in [3.05, 3.63) is 48.4 Å². The standard InChI is InChI=1S/C17H19N5O2S/c1-12-2-4-14(5-3-12)25(23,24)22-9-7-15-16(19-11-20-17(15)22)21-13-6-8-18-10-13/h2-5,7,9,11,13,18H,6,8,10H2,1H3,(H,19,20,21)/t13-/m1/s1. The molecule has 2 aromatic heterocycles. The Balaban J connectivity index is 1.77. The number of hydrogen-bond donors (Lipinski definition) is 2. The molecule has 1 aliphatic heterocycles. The number of nitrogens with zero attached hydrogens (tertiary/aromatic N) is 3. The van der Waals surface area contributed by atoms with Crippen LogP contribution in [0, 0.1) is 6.92 Å². The average molecular weight is 357 g/mol. The summed E-state index contributed by atoms with van der Waals surface area (Å²) in [4.78, 5) is 8.73. The molecule has 0 saturated carbocycles. The van der Waals surface area contributed by atoms with Gasteiger partial charge in [-0.3, -0.25) is 0 Å². The van der Waals surface area contributed by atoms with Crippen molar-refractivity contribution in [3.8, 4) is 0 Å². The van der Waals surface area contributed by atoms with Gasteiger partial charge in [0.05, 0.1) is 10.3 Å². The molecule has 1 aromatic carbocycles.